The van der Waals surface area contributed by atoms with Crippen molar-refractivity contribution < 1.29 is 28.5 Å². The van der Waals surface area contributed by atoms with Crippen LogP contribution in [0.3, 0.4) is 0 Å². The molecule has 3 aliphatic heterocycles. The van der Waals surface area contributed by atoms with Crippen LogP contribution in [-0.4, -0.2) is 43.3 Å². The topological polar surface area (TPSA) is 66.5 Å². The van der Waals surface area contributed by atoms with Crippen LogP contribution in [0.15, 0.2) is 36.4 Å². The Hall–Kier alpha value is -2.77. The number of rotatable bonds is 3. The van der Waals surface area contributed by atoms with Gasteiger partial charge in [0, 0.05) is 30.1 Å². The van der Waals surface area contributed by atoms with Crippen molar-refractivity contribution in [1.29, 1.82) is 0 Å². The minimum atomic E-state index is -0.470. The Morgan fingerprint density at radius 2 is 1.42 bits per heavy atom. The lowest BCUT2D eigenvalue weighted by molar-refractivity contribution is -0.0164. The number of hydrogen-bond acceptors (Lipinski definition) is 6. The van der Waals surface area contributed by atoms with Gasteiger partial charge in [-0.25, -0.2) is 4.79 Å². The first-order valence-electron chi connectivity index (χ1n) is 13.0. The zero-order valence-corrected chi connectivity index (χ0v) is 21.3. The van der Waals surface area contributed by atoms with E-state index in [9.17, 15) is 4.79 Å². The van der Waals surface area contributed by atoms with E-state index in [1.807, 2.05) is 25.7 Å². The van der Waals surface area contributed by atoms with Gasteiger partial charge in [-0.15, -0.1) is 0 Å². The average Bonchev–Trinajstić information content (AvgIpc) is 3.43. The van der Waals surface area contributed by atoms with Gasteiger partial charge < -0.3 is 28.6 Å². The van der Waals surface area contributed by atoms with Gasteiger partial charge in [0.15, 0.2) is 13.6 Å². The Morgan fingerprint density at radius 3 is 1.92 bits per heavy atom. The Bertz CT molecular complexity index is 1070. The fourth-order valence-electron chi connectivity index (χ4n) is 6.44. The summed E-state index contributed by atoms with van der Waals surface area (Å²) in [5.74, 6) is 3.54. The number of hydrogen-bond donors (Lipinski definition) is 0. The normalized spacial score (nSPS) is 25.0. The maximum absolute atomic E-state index is 12.7. The highest BCUT2D eigenvalue weighted by molar-refractivity contribution is 5.68. The van der Waals surface area contributed by atoms with Gasteiger partial charge >= 0.3 is 6.09 Å². The van der Waals surface area contributed by atoms with Crippen molar-refractivity contribution in [3.63, 3.8) is 0 Å². The lowest BCUT2D eigenvalue weighted by Gasteiger charge is -2.30. The van der Waals surface area contributed by atoms with Gasteiger partial charge in [-0.3, -0.25) is 0 Å². The van der Waals surface area contributed by atoms with Crippen LogP contribution in [0.2, 0.25) is 0 Å². The second kappa shape index (κ2) is 9.27. The van der Waals surface area contributed by atoms with Gasteiger partial charge in [0.2, 0.25) is 0 Å². The molecule has 7 nitrogen and oxygen atoms in total. The fourth-order valence-corrected chi connectivity index (χ4v) is 6.44. The van der Waals surface area contributed by atoms with E-state index < -0.39 is 5.60 Å². The summed E-state index contributed by atoms with van der Waals surface area (Å²) >= 11 is 0. The van der Waals surface area contributed by atoms with Crippen LogP contribution < -0.4 is 9.47 Å². The van der Waals surface area contributed by atoms with E-state index in [2.05, 4.69) is 36.4 Å². The molecule has 2 aromatic carbocycles. The standard InChI is InChI=1S/C29H35NO6/c1-29(2,3)36-28(31)30-12-21-10-20(11-22(21)13-30)27(18-4-6-25-23(8-18)14-32-16-34-25)19-5-7-26-24(9-19)15-33-17-35-26/h4-9,20-22,27H,10-17H2,1-3H3. The van der Waals surface area contributed by atoms with Crippen molar-refractivity contribution >= 4 is 6.09 Å². The highest BCUT2D eigenvalue weighted by Crippen LogP contribution is 2.50. The Morgan fingerprint density at radius 1 is 0.889 bits per heavy atom. The minimum absolute atomic E-state index is 0.186. The second-order valence-corrected chi connectivity index (χ2v) is 11.6. The molecule has 1 aliphatic carbocycles. The maximum atomic E-state index is 12.7. The molecule has 0 spiro atoms. The number of benzene rings is 2. The van der Waals surface area contributed by atoms with E-state index in [1.54, 1.807) is 0 Å². The molecule has 4 aliphatic rings. The molecule has 2 aromatic rings. The molecule has 0 radical (unpaired) electrons. The van der Waals surface area contributed by atoms with Crippen LogP contribution in [0.1, 0.15) is 61.8 Å². The summed E-state index contributed by atoms with van der Waals surface area (Å²) in [6.45, 7) is 9.08. The average molecular weight is 494 g/mol. The second-order valence-electron chi connectivity index (χ2n) is 11.6. The summed E-state index contributed by atoms with van der Waals surface area (Å²) in [4.78, 5) is 14.6. The summed E-state index contributed by atoms with van der Waals surface area (Å²) in [5, 5.41) is 0. The molecule has 2 fully saturated rings. The van der Waals surface area contributed by atoms with E-state index in [0.29, 0.717) is 44.6 Å². The van der Waals surface area contributed by atoms with E-state index in [4.69, 9.17) is 23.7 Å². The third-order valence-electron chi connectivity index (χ3n) is 7.91. The summed E-state index contributed by atoms with van der Waals surface area (Å²) in [6.07, 6.45) is 1.99. The van der Waals surface area contributed by atoms with Gasteiger partial charge in [0.25, 0.3) is 0 Å². The number of amides is 1. The van der Waals surface area contributed by atoms with E-state index in [1.165, 1.54) is 11.1 Å². The number of carbonyl (C=O) groups excluding carboxylic acids is 1. The Kier molecular flexibility index (Phi) is 6.08. The fraction of sp³-hybridized carbons (Fsp3) is 0.552. The van der Waals surface area contributed by atoms with Crippen LogP contribution in [0.4, 0.5) is 4.79 Å². The zero-order chi connectivity index (χ0) is 24.9. The molecular weight excluding hydrogens is 458 g/mol. The van der Waals surface area contributed by atoms with Crippen LogP contribution in [0.5, 0.6) is 11.5 Å². The van der Waals surface area contributed by atoms with Crippen LogP contribution in [0, 0.1) is 17.8 Å². The third kappa shape index (κ3) is 4.66. The molecule has 1 amide bonds. The molecule has 2 unspecified atom stereocenters. The maximum Gasteiger partial charge on any atom is 0.410 e. The molecule has 3 heterocycles. The molecule has 7 heteroatoms. The molecule has 2 atom stereocenters. The van der Waals surface area contributed by atoms with Gasteiger partial charge in [-0.05, 0) is 86.8 Å². The highest BCUT2D eigenvalue weighted by atomic mass is 16.7. The van der Waals surface area contributed by atoms with Gasteiger partial charge in [0.1, 0.15) is 17.1 Å². The predicted molar refractivity (Wildman–Crippen MR) is 133 cm³/mol. The zero-order valence-electron chi connectivity index (χ0n) is 21.3. The van der Waals surface area contributed by atoms with Crippen molar-refractivity contribution in [3.05, 3.63) is 58.7 Å². The van der Waals surface area contributed by atoms with Crippen molar-refractivity contribution in [2.75, 3.05) is 26.7 Å². The van der Waals surface area contributed by atoms with Crippen LogP contribution >= 0.6 is 0 Å². The SMILES string of the molecule is CC(C)(C)OC(=O)N1CC2CC(C(c3ccc4c(c3)COCO4)c3ccc4c(c3)COCO4)CC2C1. The van der Waals surface area contributed by atoms with Crippen molar-refractivity contribution in [2.24, 2.45) is 17.8 Å². The monoisotopic (exact) mass is 493 g/mol. The number of fused-ring (bicyclic) bond motifs is 3. The quantitative estimate of drug-likeness (QED) is 0.567. The number of carbonyl (C=O) groups is 1. The number of likely N-dealkylation sites (tertiary alicyclic amines) is 1. The lowest BCUT2D eigenvalue weighted by Crippen LogP contribution is -2.36. The van der Waals surface area contributed by atoms with Crippen molar-refractivity contribution in [1.82, 2.24) is 4.90 Å². The van der Waals surface area contributed by atoms with E-state index in [0.717, 1.165) is 48.6 Å². The number of nitrogens with zero attached hydrogens (tertiary/aromatic N) is 1. The molecule has 0 bridgehead atoms. The summed E-state index contributed by atoms with van der Waals surface area (Å²) in [5.41, 5.74) is 4.30. The highest BCUT2D eigenvalue weighted by Gasteiger charge is 2.46. The molecule has 192 valence electrons. The summed E-state index contributed by atoms with van der Waals surface area (Å²) in [7, 11) is 0. The number of ether oxygens (including phenoxy) is 5. The van der Waals surface area contributed by atoms with Crippen molar-refractivity contribution in [3.8, 4) is 11.5 Å². The first kappa shape index (κ1) is 23.6. The van der Waals surface area contributed by atoms with Crippen LogP contribution in [0.25, 0.3) is 0 Å². The van der Waals surface area contributed by atoms with Crippen molar-refractivity contribution in [2.45, 2.75) is 58.3 Å². The predicted octanol–water partition coefficient (Wildman–Crippen LogP) is 5.44. The van der Waals surface area contributed by atoms with Gasteiger partial charge in [-0.1, -0.05) is 12.1 Å². The molecule has 1 saturated carbocycles. The lowest BCUT2D eigenvalue weighted by atomic mass is 9.78. The third-order valence-corrected chi connectivity index (χ3v) is 7.91. The minimum Gasteiger partial charge on any atom is -0.467 e. The summed E-state index contributed by atoms with van der Waals surface area (Å²) in [6, 6.07) is 13.1. The first-order chi connectivity index (χ1) is 17.3. The molecule has 0 N–H and O–H groups in total. The molecule has 6 rings (SSSR count). The first-order valence-corrected chi connectivity index (χ1v) is 13.0. The molecular formula is C29H35NO6. The summed E-state index contributed by atoms with van der Waals surface area (Å²) < 4.78 is 28.1. The Labute approximate surface area is 212 Å². The van der Waals surface area contributed by atoms with Crippen LogP contribution in [-0.2, 0) is 27.4 Å². The van der Waals surface area contributed by atoms with E-state index in [-0.39, 0.29) is 12.0 Å². The Balaban J connectivity index is 1.27. The largest absolute Gasteiger partial charge is 0.467 e. The van der Waals surface area contributed by atoms with Gasteiger partial charge in [0.05, 0.1) is 13.2 Å². The van der Waals surface area contributed by atoms with E-state index >= 15 is 0 Å². The molecule has 36 heavy (non-hydrogen) atoms. The van der Waals surface area contributed by atoms with Gasteiger partial charge in [-0.2, -0.15) is 0 Å². The molecule has 0 aromatic heterocycles. The smallest absolute Gasteiger partial charge is 0.410 e. The molecule has 1 saturated heterocycles.